The van der Waals surface area contributed by atoms with Gasteiger partial charge in [0.05, 0.1) is 6.04 Å². The third kappa shape index (κ3) is 2.60. The molecule has 0 aromatic carbocycles. The smallest absolute Gasteiger partial charge is 0.219 e. The summed E-state index contributed by atoms with van der Waals surface area (Å²) in [7, 11) is 0. The van der Waals surface area contributed by atoms with E-state index in [4.69, 9.17) is 11.6 Å². The lowest BCUT2D eigenvalue weighted by atomic mass is 9.94. The fraction of sp³-hybridized carbons (Fsp3) is 0.538. The van der Waals surface area contributed by atoms with Crippen LogP contribution in [0.5, 0.6) is 0 Å². The number of carbonyl (C=O) groups excluding carboxylic acids is 1. The van der Waals surface area contributed by atoms with Gasteiger partial charge in [0.1, 0.15) is 5.15 Å². The topological polar surface area (TPSA) is 33.2 Å². The molecule has 0 unspecified atom stereocenters. The Labute approximate surface area is 107 Å². The van der Waals surface area contributed by atoms with Gasteiger partial charge in [-0.25, -0.2) is 4.98 Å². The number of rotatable bonds is 1. The molecule has 0 bridgehead atoms. The first-order valence-corrected chi connectivity index (χ1v) is 6.37. The number of piperidine rings is 1. The van der Waals surface area contributed by atoms with Crippen LogP contribution >= 0.6 is 11.6 Å². The van der Waals surface area contributed by atoms with Crippen LogP contribution in [-0.4, -0.2) is 22.3 Å². The average molecular weight is 253 g/mol. The molecule has 1 atom stereocenters. The van der Waals surface area contributed by atoms with E-state index in [2.05, 4.69) is 4.98 Å². The molecule has 17 heavy (non-hydrogen) atoms. The van der Waals surface area contributed by atoms with Gasteiger partial charge >= 0.3 is 0 Å². The van der Waals surface area contributed by atoms with Crippen LogP contribution in [0, 0.1) is 6.92 Å². The number of nitrogens with zero attached hydrogens (tertiary/aromatic N) is 2. The van der Waals surface area contributed by atoms with Crippen LogP contribution in [0.3, 0.4) is 0 Å². The van der Waals surface area contributed by atoms with Gasteiger partial charge < -0.3 is 4.90 Å². The Kier molecular flexibility index (Phi) is 3.67. The lowest BCUT2D eigenvalue weighted by Gasteiger charge is -2.35. The number of carbonyl (C=O) groups is 1. The highest BCUT2D eigenvalue weighted by Crippen LogP contribution is 2.32. The summed E-state index contributed by atoms with van der Waals surface area (Å²) in [6, 6.07) is 3.97. The molecular weight excluding hydrogens is 236 g/mol. The van der Waals surface area contributed by atoms with Crippen LogP contribution in [0.1, 0.15) is 43.5 Å². The van der Waals surface area contributed by atoms with Crippen LogP contribution in [0.25, 0.3) is 0 Å². The fourth-order valence-corrected chi connectivity index (χ4v) is 2.71. The van der Waals surface area contributed by atoms with E-state index < -0.39 is 0 Å². The number of pyridine rings is 1. The second-order valence-electron chi connectivity index (χ2n) is 4.53. The van der Waals surface area contributed by atoms with Gasteiger partial charge in [0.15, 0.2) is 0 Å². The Bertz CT molecular complexity index is 433. The number of aromatic nitrogens is 1. The summed E-state index contributed by atoms with van der Waals surface area (Å²) in [6.07, 6.45) is 3.27. The zero-order valence-corrected chi connectivity index (χ0v) is 11.0. The molecule has 3 nitrogen and oxygen atoms in total. The molecule has 1 fully saturated rings. The van der Waals surface area contributed by atoms with E-state index in [9.17, 15) is 4.79 Å². The van der Waals surface area contributed by atoms with E-state index in [-0.39, 0.29) is 11.9 Å². The average Bonchev–Trinajstić information content (AvgIpc) is 2.29. The quantitative estimate of drug-likeness (QED) is 0.720. The van der Waals surface area contributed by atoms with E-state index in [1.807, 2.05) is 17.9 Å². The van der Waals surface area contributed by atoms with E-state index in [0.717, 1.165) is 37.1 Å². The third-order valence-electron chi connectivity index (χ3n) is 3.36. The maximum Gasteiger partial charge on any atom is 0.219 e. The Balaban J connectivity index is 2.32. The highest BCUT2D eigenvalue weighted by molar-refractivity contribution is 6.29. The SMILES string of the molecule is CC(=O)N1CCCC[C@@H]1c1ccc(Cl)nc1C. The number of hydrogen-bond acceptors (Lipinski definition) is 2. The lowest BCUT2D eigenvalue weighted by Crippen LogP contribution is -2.37. The maximum atomic E-state index is 11.6. The van der Waals surface area contributed by atoms with Gasteiger partial charge in [-0.15, -0.1) is 0 Å². The molecule has 1 aromatic heterocycles. The Morgan fingerprint density at radius 2 is 2.24 bits per heavy atom. The number of likely N-dealkylation sites (tertiary alicyclic amines) is 1. The van der Waals surface area contributed by atoms with Gasteiger partial charge in [-0.1, -0.05) is 17.7 Å². The van der Waals surface area contributed by atoms with Crippen LogP contribution in [0.15, 0.2) is 12.1 Å². The van der Waals surface area contributed by atoms with Crippen LogP contribution < -0.4 is 0 Å². The minimum Gasteiger partial charge on any atom is -0.336 e. The van der Waals surface area contributed by atoms with Gasteiger partial charge in [-0.2, -0.15) is 0 Å². The molecule has 0 saturated carbocycles. The summed E-state index contributed by atoms with van der Waals surface area (Å²) in [5, 5.41) is 0.511. The molecule has 2 heterocycles. The first-order valence-electron chi connectivity index (χ1n) is 6.00. The number of halogens is 1. The number of amides is 1. The highest BCUT2D eigenvalue weighted by Gasteiger charge is 2.27. The van der Waals surface area contributed by atoms with Crippen molar-refractivity contribution in [3.63, 3.8) is 0 Å². The molecule has 0 N–H and O–H groups in total. The number of hydrogen-bond donors (Lipinski definition) is 0. The molecule has 1 aliphatic rings. The first-order chi connectivity index (χ1) is 8.09. The molecule has 2 rings (SSSR count). The normalized spacial score (nSPS) is 20.4. The van der Waals surface area contributed by atoms with Crippen molar-refractivity contribution in [2.75, 3.05) is 6.54 Å². The number of aryl methyl sites for hydroxylation is 1. The summed E-state index contributed by atoms with van der Waals surface area (Å²) in [4.78, 5) is 17.9. The largest absolute Gasteiger partial charge is 0.336 e. The summed E-state index contributed by atoms with van der Waals surface area (Å²) in [5.41, 5.74) is 2.06. The summed E-state index contributed by atoms with van der Waals surface area (Å²) < 4.78 is 0. The van der Waals surface area contributed by atoms with E-state index in [0.29, 0.717) is 5.15 Å². The van der Waals surface area contributed by atoms with Crippen molar-refractivity contribution in [3.05, 3.63) is 28.5 Å². The van der Waals surface area contributed by atoms with Crippen molar-refractivity contribution in [2.45, 2.75) is 39.2 Å². The van der Waals surface area contributed by atoms with Crippen molar-refractivity contribution in [2.24, 2.45) is 0 Å². The summed E-state index contributed by atoms with van der Waals surface area (Å²) in [6.45, 7) is 4.44. The monoisotopic (exact) mass is 252 g/mol. The van der Waals surface area contributed by atoms with Gasteiger partial charge in [-0.3, -0.25) is 4.79 Å². The van der Waals surface area contributed by atoms with Gasteiger partial charge in [-0.05, 0) is 37.8 Å². The van der Waals surface area contributed by atoms with Crippen molar-refractivity contribution < 1.29 is 4.79 Å². The minimum absolute atomic E-state index is 0.143. The van der Waals surface area contributed by atoms with E-state index in [1.165, 1.54) is 0 Å². The molecule has 4 heteroatoms. The van der Waals surface area contributed by atoms with Gasteiger partial charge in [0.2, 0.25) is 5.91 Å². The van der Waals surface area contributed by atoms with Crippen molar-refractivity contribution >= 4 is 17.5 Å². The molecule has 1 amide bonds. The second-order valence-corrected chi connectivity index (χ2v) is 4.92. The Morgan fingerprint density at radius 3 is 2.88 bits per heavy atom. The predicted octanol–water partition coefficient (Wildman–Crippen LogP) is 3.12. The zero-order chi connectivity index (χ0) is 12.4. The summed E-state index contributed by atoms with van der Waals surface area (Å²) in [5.74, 6) is 0.143. The zero-order valence-electron chi connectivity index (χ0n) is 10.2. The molecule has 0 spiro atoms. The van der Waals surface area contributed by atoms with Crippen molar-refractivity contribution in [1.82, 2.24) is 9.88 Å². The van der Waals surface area contributed by atoms with Gasteiger partial charge in [0.25, 0.3) is 0 Å². The van der Waals surface area contributed by atoms with Crippen LogP contribution in [-0.2, 0) is 4.79 Å². The highest BCUT2D eigenvalue weighted by atomic mass is 35.5. The molecule has 1 aliphatic heterocycles. The second kappa shape index (κ2) is 5.05. The third-order valence-corrected chi connectivity index (χ3v) is 3.57. The minimum atomic E-state index is 0.143. The van der Waals surface area contributed by atoms with Crippen molar-refractivity contribution in [1.29, 1.82) is 0 Å². The molecular formula is C13H17ClN2O. The maximum absolute atomic E-state index is 11.6. The fourth-order valence-electron chi connectivity index (χ4n) is 2.53. The Hall–Kier alpha value is -1.09. The molecule has 1 saturated heterocycles. The molecule has 0 aliphatic carbocycles. The predicted molar refractivity (Wildman–Crippen MR) is 68.0 cm³/mol. The molecule has 92 valence electrons. The summed E-state index contributed by atoms with van der Waals surface area (Å²) >= 11 is 5.86. The molecule has 1 aromatic rings. The van der Waals surface area contributed by atoms with Crippen LogP contribution in [0.4, 0.5) is 0 Å². The molecule has 0 radical (unpaired) electrons. The first kappa shape index (κ1) is 12.4. The Morgan fingerprint density at radius 1 is 1.47 bits per heavy atom. The van der Waals surface area contributed by atoms with Crippen LogP contribution in [0.2, 0.25) is 5.15 Å². The van der Waals surface area contributed by atoms with Crippen molar-refractivity contribution in [3.8, 4) is 0 Å². The standard InChI is InChI=1S/C13H17ClN2O/c1-9-11(6-7-13(14)15-9)12-5-3-4-8-16(12)10(2)17/h6-7,12H,3-5,8H2,1-2H3/t12-/m1/s1. The lowest BCUT2D eigenvalue weighted by molar-refractivity contribution is -0.132. The van der Waals surface area contributed by atoms with E-state index in [1.54, 1.807) is 13.0 Å². The van der Waals surface area contributed by atoms with Gasteiger partial charge in [0, 0.05) is 19.2 Å². The van der Waals surface area contributed by atoms with E-state index >= 15 is 0 Å².